The van der Waals surface area contributed by atoms with Crippen LogP contribution < -0.4 is 4.72 Å². The molecule has 2 heterocycles. The highest BCUT2D eigenvalue weighted by atomic mass is 35.5. The molecule has 0 spiro atoms. The number of aromatic nitrogens is 1. The second-order valence-corrected chi connectivity index (χ2v) is 8.13. The fourth-order valence-electron chi connectivity index (χ4n) is 3.06. The molecule has 1 aromatic heterocycles. The molecular formula is C17H22ClN3O3S. The Balaban J connectivity index is 1.81. The standard InChI is InChI=1S/C17H22ClN3O3S/c1-20-8-4-6-15(20)16(21-9-11-24-12-10-21)13-19-25(22,23)17-7-3-2-5-14(17)18/h2-8,16,19H,9-13H2,1H3. The van der Waals surface area contributed by atoms with Crippen molar-refractivity contribution < 1.29 is 13.2 Å². The van der Waals surface area contributed by atoms with E-state index in [1.807, 2.05) is 29.9 Å². The van der Waals surface area contributed by atoms with Gasteiger partial charge in [0.25, 0.3) is 0 Å². The van der Waals surface area contributed by atoms with Crippen LogP contribution in [-0.4, -0.2) is 50.7 Å². The number of benzene rings is 1. The number of morpholine rings is 1. The van der Waals surface area contributed by atoms with Crippen LogP contribution in [0, 0.1) is 0 Å². The summed E-state index contributed by atoms with van der Waals surface area (Å²) in [5.74, 6) is 0. The highest BCUT2D eigenvalue weighted by molar-refractivity contribution is 7.89. The number of sulfonamides is 1. The average Bonchev–Trinajstić information content (AvgIpc) is 3.02. The van der Waals surface area contributed by atoms with Crippen LogP contribution in [-0.2, 0) is 21.8 Å². The van der Waals surface area contributed by atoms with Crippen LogP contribution in [0.25, 0.3) is 0 Å². The van der Waals surface area contributed by atoms with Crippen LogP contribution in [0.3, 0.4) is 0 Å². The Morgan fingerprint density at radius 3 is 2.56 bits per heavy atom. The van der Waals surface area contributed by atoms with Gasteiger partial charge in [-0.3, -0.25) is 4.90 Å². The molecule has 3 rings (SSSR count). The third kappa shape index (κ3) is 4.24. The van der Waals surface area contributed by atoms with E-state index in [4.69, 9.17) is 16.3 Å². The maximum Gasteiger partial charge on any atom is 0.242 e. The van der Waals surface area contributed by atoms with Gasteiger partial charge >= 0.3 is 0 Å². The van der Waals surface area contributed by atoms with Crippen LogP contribution in [0.5, 0.6) is 0 Å². The Labute approximate surface area is 153 Å². The van der Waals surface area contributed by atoms with E-state index in [9.17, 15) is 8.42 Å². The summed E-state index contributed by atoms with van der Waals surface area (Å²) in [5.41, 5.74) is 1.06. The lowest BCUT2D eigenvalue weighted by atomic mass is 10.1. The van der Waals surface area contributed by atoms with Gasteiger partial charge in [0, 0.05) is 38.6 Å². The quantitative estimate of drug-likeness (QED) is 0.829. The molecular weight excluding hydrogens is 362 g/mol. The number of aryl methyl sites for hydroxylation is 1. The number of halogens is 1. The summed E-state index contributed by atoms with van der Waals surface area (Å²) in [6.07, 6.45) is 1.96. The number of nitrogens with one attached hydrogen (secondary N) is 1. The van der Waals surface area contributed by atoms with Gasteiger partial charge < -0.3 is 9.30 Å². The summed E-state index contributed by atoms with van der Waals surface area (Å²) >= 11 is 6.05. The van der Waals surface area contributed by atoms with Crippen LogP contribution in [0.4, 0.5) is 0 Å². The molecule has 1 fully saturated rings. The first-order valence-electron chi connectivity index (χ1n) is 8.16. The molecule has 25 heavy (non-hydrogen) atoms. The Bertz CT molecular complexity index is 816. The molecule has 1 aliphatic rings. The highest BCUT2D eigenvalue weighted by Crippen LogP contribution is 2.24. The maximum atomic E-state index is 12.6. The minimum Gasteiger partial charge on any atom is -0.379 e. The molecule has 1 N–H and O–H groups in total. The molecule has 0 saturated carbocycles. The van der Waals surface area contributed by atoms with E-state index >= 15 is 0 Å². The smallest absolute Gasteiger partial charge is 0.242 e. The minimum absolute atomic E-state index is 0.0684. The molecule has 6 nitrogen and oxygen atoms in total. The summed E-state index contributed by atoms with van der Waals surface area (Å²) < 4.78 is 35.5. The fraction of sp³-hybridized carbons (Fsp3) is 0.412. The predicted molar refractivity (Wildman–Crippen MR) is 97.2 cm³/mol. The third-order valence-electron chi connectivity index (χ3n) is 4.40. The van der Waals surface area contributed by atoms with Crippen molar-refractivity contribution in [3.8, 4) is 0 Å². The molecule has 1 unspecified atom stereocenters. The highest BCUT2D eigenvalue weighted by Gasteiger charge is 2.27. The number of ether oxygens (including phenoxy) is 1. The summed E-state index contributed by atoms with van der Waals surface area (Å²) in [6.45, 7) is 3.11. The van der Waals surface area contributed by atoms with Crippen LogP contribution >= 0.6 is 11.6 Å². The molecule has 0 bridgehead atoms. The Kier molecular flexibility index (Phi) is 5.81. The first kappa shape index (κ1) is 18.4. The lowest BCUT2D eigenvalue weighted by Crippen LogP contribution is -2.44. The molecule has 136 valence electrons. The molecule has 1 atom stereocenters. The van der Waals surface area contributed by atoms with Gasteiger partial charge in [-0.15, -0.1) is 0 Å². The second kappa shape index (κ2) is 7.88. The van der Waals surface area contributed by atoms with Crippen molar-refractivity contribution in [3.05, 3.63) is 53.3 Å². The topological polar surface area (TPSA) is 63.6 Å². The van der Waals surface area contributed by atoms with Crippen LogP contribution in [0.1, 0.15) is 11.7 Å². The van der Waals surface area contributed by atoms with E-state index < -0.39 is 10.0 Å². The van der Waals surface area contributed by atoms with Crippen molar-refractivity contribution in [2.75, 3.05) is 32.8 Å². The Hall–Kier alpha value is -1.38. The first-order chi connectivity index (χ1) is 12.0. The average molecular weight is 384 g/mol. The number of rotatable bonds is 6. The SMILES string of the molecule is Cn1cccc1C(CNS(=O)(=O)c1ccccc1Cl)N1CCOCC1. The lowest BCUT2D eigenvalue weighted by Gasteiger charge is -2.34. The number of hydrogen-bond donors (Lipinski definition) is 1. The van der Waals surface area contributed by atoms with E-state index in [0.29, 0.717) is 13.2 Å². The fourth-order valence-corrected chi connectivity index (χ4v) is 4.62. The van der Waals surface area contributed by atoms with Crippen molar-refractivity contribution in [1.29, 1.82) is 0 Å². The summed E-state index contributed by atoms with van der Waals surface area (Å²) in [7, 11) is -1.71. The molecule has 1 saturated heterocycles. The summed E-state index contributed by atoms with van der Waals surface area (Å²) in [6, 6.07) is 10.4. The Morgan fingerprint density at radius 1 is 1.20 bits per heavy atom. The number of nitrogens with zero attached hydrogens (tertiary/aromatic N) is 2. The third-order valence-corrected chi connectivity index (χ3v) is 6.33. The Morgan fingerprint density at radius 2 is 1.92 bits per heavy atom. The van der Waals surface area contributed by atoms with E-state index in [2.05, 4.69) is 9.62 Å². The van der Waals surface area contributed by atoms with Crippen molar-refractivity contribution in [1.82, 2.24) is 14.2 Å². The zero-order valence-corrected chi connectivity index (χ0v) is 15.6. The molecule has 1 aliphatic heterocycles. The van der Waals surface area contributed by atoms with Crippen molar-refractivity contribution in [2.45, 2.75) is 10.9 Å². The molecule has 0 amide bonds. The largest absolute Gasteiger partial charge is 0.379 e. The molecule has 0 aliphatic carbocycles. The summed E-state index contributed by atoms with van der Waals surface area (Å²) in [5, 5.41) is 0.219. The van der Waals surface area contributed by atoms with Gasteiger partial charge in [-0.2, -0.15) is 0 Å². The minimum atomic E-state index is -3.68. The molecule has 8 heteroatoms. The van der Waals surface area contributed by atoms with Crippen molar-refractivity contribution >= 4 is 21.6 Å². The molecule has 2 aromatic rings. The van der Waals surface area contributed by atoms with Gasteiger partial charge in [-0.1, -0.05) is 23.7 Å². The zero-order valence-electron chi connectivity index (χ0n) is 14.1. The van der Waals surface area contributed by atoms with Crippen LogP contribution in [0.2, 0.25) is 5.02 Å². The van der Waals surface area contributed by atoms with E-state index in [-0.39, 0.29) is 22.5 Å². The normalized spacial score (nSPS) is 17.5. The van der Waals surface area contributed by atoms with E-state index in [1.165, 1.54) is 6.07 Å². The van der Waals surface area contributed by atoms with Crippen LogP contribution in [0.15, 0.2) is 47.5 Å². The van der Waals surface area contributed by atoms with Gasteiger partial charge in [0.15, 0.2) is 0 Å². The molecule has 0 radical (unpaired) electrons. The van der Waals surface area contributed by atoms with E-state index in [1.54, 1.807) is 18.2 Å². The number of hydrogen-bond acceptors (Lipinski definition) is 4. The van der Waals surface area contributed by atoms with Gasteiger partial charge in [0.05, 0.1) is 24.3 Å². The summed E-state index contributed by atoms with van der Waals surface area (Å²) in [4.78, 5) is 2.35. The van der Waals surface area contributed by atoms with Gasteiger partial charge in [0.2, 0.25) is 10.0 Å². The first-order valence-corrected chi connectivity index (χ1v) is 10.0. The van der Waals surface area contributed by atoms with E-state index in [0.717, 1.165) is 18.8 Å². The zero-order chi connectivity index (χ0) is 17.9. The van der Waals surface area contributed by atoms with Gasteiger partial charge in [0.1, 0.15) is 4.90 Å². The maximum absolute atomic E-state index is 12.6. The monoisotopic (exact) mass is 383 g/mol. The second-order valence-electron chi connectivity index (χ2n) is 5.99. The van der Waals surface area contributed by atoms with Gasteiger partial charge in [-0.05, 0) is 24.3 Å². The van der Waals surface area contributed by atoms with Gasteiger partial charge in [-0.25, -0.2) is 13.1 Å². The van der Waals surface area contributed by atoms with Crippen molar-refractivity contribution in [2.24, 2.45) is 7.05 Å². The van der Waals surface area contributed by atoms with Crippen molar-refractivity contribution in [3.63, 3.8) is 0 Å². The molecule has 1 aromatic carbocycles. The predicted octanol–water partition coefficient (Wildman–Crippen LogP) is 2.03. The lowest BCUT2D eigenvalue weighted by molar-refractivity contribution is 0.0158.